The molecule has 0 saturated carbocycles. The van der Waals surface area contributed by atoms with Crippen LogP contribution in [-0.2, 0) is 0 Å². The highest BCUT2D eigenvalue weighted by Crippen LogP contribution is 2.37. The molecule has 0 amide bonds. The molecule has 2 unspecified atom stereocenters. The molecular formula is C25H29N. The van der Waals surface area contributed by atoms with Crippen LogP contribution in [0.4, 0.5) is 17.1 Å². The van der Waals surface area contributed by atoms with E-state index in [1.807, 2.05) is 0 Å². The summed E-state index contributed by atoms with van der Waals surface area (Å²) in [7, 11) is 0. The lowest BCUT2D eigenvalue weighted by Crippen LogP contribution is -2.12. The molecule has 3 rings (SSSR count). The van der Waals surface area contributed by atoms with Gasteiger partial charge in [0.25, 0.3) is 0 Å². The van der Waals surface area contributed by atoms with E-state index in [1.54, 1.807) is 0 Å². The molecule has 26 heavy (non-hydrogen) atoms. The van der Waals surface area contributed by atoms with Gasteiger partial charge in [-0.3, -0.25) is 0 Å². The molecule has 3 aromatic carbocycles. The van der Waals surface area contributed by atoms with Crippen LogP contribution in [0.2, 0.25) is 0 Å². The Bertz CT molecular complexity index is 784. The minimum atomic E-state index is 0.548. The Morgan fingerprint density at radius 2 is 1.27 bits per heavy atom. The van der Waals surface area contributed by atoms with Gasteiger partial charge in [0.1, 0.15) is 0 Å². The molecule has 1 heteroatoms. The molecule has 0 aliphatic heterocycles. The molecule has 0 aliphatic rings. The first-order chi connectivity index (χ1) is 12.6. The molecule has 134 valence electrons. The van der Waals surface area contributed by atoms with E-state index < -0.39 is 0 Å². The maximum atomic E-state index is 2.36. The van der Waals surface area contributed by atoms with Gasteiger partial charge in [0.2, 0.25) is 0 Å². The molecule has 3 aromatic rings. The van der Waals surface area contributed by atoms with Crippen molar-refractivity contribution in [1.82, 2.24) is 0 Å². The Morgan fingerprint density at radius 3 is 1.77 bits per heavy atom. The summed E-state index contributed by atoms with van der Waals surface area (Å²) in [5.74, 6) is 1.22. The Balaban J connectivity index is 2.12. The lowest BCUT2D eigenvalue weighted by molar-refractivity contribution is 0.473. The topological polar surface area (TPSA) is 3.24 Å². The lowest BCUT2D eigenvalue weighted by atomic mass is 9.86. The van der Waals surface area contributed by atoms with Crippen molar-refractivity contribution in [2.24, 2.45) is 5.92 Å². The van der Waals surface area contributed by atoms with E-state index in [9.17, 15) is 0 Å². The number of anilines is 3. The second-order valence-electron chi connectivity index (χ2n) is 7.28. The maximum Gasteiger partial charge on any atom is 0.0467 e. The first-order valence-corrected chi connectivity index (χ1v) is 9.62. The van der Waals surface area contributed by atoms with Gasteiger partial charge in [-0.1, -0.05) is 69.7 Å². The van der Waals surface area contributed by atoms with Crippen molar-refractivity contribution >= 4 is 17.1 Å². The Kier molecular flexibility index (Phi) is 5.78. The van der Waals surface area contributed by atoms with Crippen LogP contribution in [0.3, 0.4) is 0 Å². The Labute approximate surface area is 158 Å². The van der Waals surface area contributed by atoms with E-state index in [1.165, 1.54) is 34.6 Å². The molecule has 0 N–H and O–H groups in total. The third kappa shape index (κ3) is 3.99. The highest BCUT2D eigenvalue weighted by atomic mass is 15.1. The summed E-state index contributed by atoms with van der Waals surface area (Å²) in [6, 6.07) is 28.2. The summed E-state index contributed by atoms with van der Waals surface area (Å²) in [6.45, 7) is 9.17. The monoisotopic (exact) mass is 343 g/mol. The van der Waals surface area contributed by atoms with E-state index >= 15 is 0 Å². The fraction of sp³-hybridized carbons (Fsp3) is 0.280. The highest BCUT2D eigenvalue weighted by Gasteiger charge is 2.17. The minimum Gasteiger partial charge on any atom is -0.310 e. The second kappa shape index (κ2) is 8.23. The second-order valence-corrected chi connectivity index (χ2v) is 7.28. The molecule has 0 radical (unpaired) electrons. The summed E-state index contributed by atoms with van der Waals surface area (Å²) in [5, 5.41) is 0. The standard InChI is InChI=1S/C25H29N/c1-5-20(3)21(4)22-16-19(2)17-25(18-22)26(23-12-8-6-9-13-23)24-14-10-7-11-15-24/h6-18,20-21H,5H2,1-4H3. The lowest BCUT2D eigenvalue weighted by Gasteiger charge is -2.28. The zero-order valence-corrected chi connectivity index (χ0v) is 16.3. The van der Waals surface area contributed by atoms with Gasteiger partial charge in [0.15, 0.2) is 0 Å². The predicted molar refractivity (Wildman–Crippen MR) is 114 cm³/mol. The van der Waals surface area contributed by atoms with Crippen molar-refractivity contribution in [3.63, 3.8) is 0 Å². The molecular weight excluding hydrogens is 314 g/mol. The van der Waals surface area contributed by atoms with Gasteiger partial charge in [-0.25, -0.2) is 0 Å². The summed E-state index contributed by atoms with van der Waals surface area (Å²) < 4.78 is 0. The van der Waals surface area contributed by atoms with Crippen LogP contribution in [-0.4, -0.2) is 0 Å². The van der Waals surface area contributed by atoms with Gasteiger partial charge < -0.3 is 4.90 Å². The van der Waals surface area contributed by atoms with E-state index in [-0.39, 0.29) is 0 Å². The van der Waals surface area contributed by atoms with Crippen LogP contribution < -0.4 is 4.90 Å². The van der Waals surface area contributed by atoms with Crippen LogP contribution in [0.5, 0.6) is 0 Å². The molecule has 2 atom stereocenters. The Morgan fingerprint density at radius 1 is 0.731 bits per heavy atom. The molecule has 0 heterocycles. The fourth-order valence-corrected chi connectivity index (χ4v) is 3.47. The third-order valence-electron chi connectivity index (χ3n) is 5.39. The molecule has 0 aliphatic carbocycles. The SMILES string of the molecule is CCC(C)C(C)c1cc(C)cc(N(c2ccccc2)c2ccccc2)c1. The smallest absolute Gasteiger partial charge is 0.0467 e. The van der Waals surface area contributed by atoms with Gasteiger partial charge >= 0.3 is 0 Å². The number of nitrogens with zero attached hydrogens (tertiary/aromatic N) is 1. The molecule has 0 saturated heterocycles. The van der Waals surface area contributed by atoms with Crippen LogP contribution in [0, 0.1) is 12.8 Å². The van der Waals surface area contributed by atoms with Crippen molar-refractivity contribution < 1.29 is 0 Å². The zero-order chi connectivity index (χ0) is 18.5. The summed E-state index contributed by atoms with van der Waals surface area (Å²) >= 11 is 0. The summed E-state index contributed by atoms with van der Waals surface area (Å²) in [4.78, 5) is 2.35. The van der Waals surface area contributed by atoms with E-state index in [2.05, 4.69) is 111 Å². The number of aryl methyl sites for hydroxylation is 1. The number of benzene rings is 3. The van der Waals surface area contributed by atoms with Crippen LogP contribution >= 0.6 is 0 Å². The highest BCUT2D eigenvalue weighted by molar-refractivity contribution is 5.77. The number of hydrogen-bond acceptors (Lipinski definition) is 1. The third-order valence-corrected chi connectivity index (χ3v) is 5.39. The van der Waals surface area contributed by atoms with Gasteiger partial charge in [-0.05, 0) is 66.3 Å². The average molecular weight is 344 g/mol. The number of para-hydroxylation sites is 2. The van der Waals surface area contributed by atoms with Crippen molar-refractivity contribution in [2.75, 3.05) is 4.90 Å². The van der Waals surface area contributed by atoms with Gasteiger partial charge in [0.05, 0.1) is 0 Å². The molecule has 1 nitrogen and oxygen atoms in total. The number of hydrogen-bond donors (Lipinski definition) is 0. The average Bonchev–Trinajstić information content (AvgIpc) is 2.68. The van der Waals surface area contributed by atoms with Gasteiger partial charge in [-0.2, -0.15) is 0 Å². The van der Waals surface area contributed by atoms with E-state index in [0.29, 0.717) is 11.8 Å². The molecule has 0 spiro atoms. The molecule has 0 fully saturated rings. The maximum absolute atomic E-state index is 2.36. The summed E-state index contributed by atoms with van der Waals surface area (Å²) in [5.41, 5.74) is 6.33. The van der Waals surface area contributed by atoms with E-state index in [0.717, 1.165) is 0 Å². The first-order valence-electron chi connectivity index (χ1n) is 9.62. The largest absolute Gasteiger partial charge is 0.310 e. The quantitative estimate of drug-likeness (QED) is 0.445. The van der Waals surface area contributed by atoms with Gasteiger partial charge in [0, 0.05) is 17.1 Å². The van der Waals surface area contributed by atoms with Crippen molar-refractivity contribution in [1.29, 1.82) is 0 Å². The first kappa shape index (κ1) is 18.3. The van der Waals surface area contributed by atoms with Crippen molar-refractivity contribution in [2.45, 2.75) is 40.0 Å². The van der Waals surface area contributed by atoms with Gasteiger partial charge in [-0.15, -0.1) is 0 Å². The Hall–Kier alpha value is -2.54. The fourth-order valence-electron chi connectivity index (χ4n) is 3.47. The van der Waals surface area contributed by atoms with Crippen LogP contribution in [0.1, 0.15) is 44.2 Å². The molecule has 0 aromatic heterocycles. The predicted octanol–water partition coefficient (Wildman–Crippen LogP) is 7.61. The summed E-state index contributed by atoms with van der Waals surface area (Å²) in [6.07, 6.45) is 1.20. The van der Waals surface area contributed by atoms with Crippen molar-refractivity contribution in [3.8, 4) is 0 Å². The normalized spacial score (nSPS) is 13.2. The van der Waals surface area contributed by atoms with E-state index in [4.69, 9.17) is 0 Å². The number of rotatable bonds is 6. The van der Waals surface area contributed by atoms with Crippen molar-refractivity contribution in [3.05, 3.63) is 90.0 Å². The minimum absolute atomic E-state index is 0.548. The molecule has 0 bridgehead atoms. The zero-order valence-electron chi connectivity index (χ0n) is 16.3. The van der Waals surface area contributed by atoms with Crippen LogP contribution in [0.15, 0.2) is 78.9 Å². The van der Waals surface area contributed by atoms with Crippen LogP contribution in [0.25, 0.3) is 0 Å².